The Labute approximate surface area is 174 Å². The molecule has 0 spiro atoms. The molecule has 25 heavy (non-hydrogen) atoms. The van der Waals surface area contributed by atoms with Gasteiger partial charge in [-0.2, -0.15) is 0 Å². The van der Waals surface area contributed by atoms with Crippen LogP contribution in [0.2, 0.25) is 0 Å². The quantitative estimate of drug-likeness (QED) is 0.370. The standard InChI is InChI=1S/C19H34N4S.HI/c1-15(2)23-10-6-8-16(13-23)12-21-18(20-5)22-14-19(3,4)17-9-7-11-24-17;/h7,9,11,15-16H,6,8,10,12-14H2,1-5H3,(H2,20,21,22);1H. The molecule has 1 fully saturated rings. The Morgan fingerprint density at radius 3 is 2.76 bits per heavy atom. The van der Waals surface area contributed by atoms with Crippen LogP contribution in [0.3, 0.4) is 0 Å². The van der Waals surface area contributed by atoms with Crippen molar-refractivity contribution in [2.75, 3.05) is 33.2 Å². The van der Waals surface area contributed by atoms with Gasteiger partial charge in [0.05, 0.1) is 0 Å². The highest BCUT2D eigenvalue weighted by atomic mass is 127. The zero-order valence-electron chi connectivity index (χ0n) is 16.3. The maximum absolute atomic E-state index is 4.40. The highest BCUT2D eigenvalue weighted by Crippen LogP contribution is 2.26. The molecule has 1 saturated heterocycles. The minimum absolute atomic E-state index is 0. The van der Waals surface area contributed by atoms with Gasteiger partial charge in [-0.3, -0.25) is 4.99 Å². The van der Waals surface area contributed by atoms with Crippen molar-refractivity contribution in [3.63, 3.8) is 0 Å². The van der Waals surface area contributed by atoms with E-state index in [9.17, 15) is 0 Å². The summed E-state index contributed by atoms with van der Waals surface area (Å²) < 4.78 is 0. The van der Waals surface area contributed by atoms with Crippen molar-refractivity contribution in [1.82, 2.24) is 15.5 Å². The number of piperidine rings is 1. The summed E-state index contributed by atoms with van der Waals surface area (Å²) in [5.41, 5.74) is 0.116. The number of hydrogen-bond acceptors (Lipinski definition) is 3. The van der Waals surface area contributed by atoms with Gasteiger partial charge in [0.15, 0.2) is 5.96 Å². The number of nitrogens with zero attached hydrogens (tertiary/aromatic N) is 2. The van der Waals surface area contributed by atoms with Gasteiger partial charge in [-0.15, -0.1) is 35.3 Å². The summed E-state index contributed by atoms with van der Waals surface area (Å²) in [4.78, 5) is 8.39. The highest BCUT2D eigenvalue weighted by molar-refractivity contribution is 14.0. The van der Waals surface area contributed by atoms with Gasteiger partial charge in [-0.25, -0.2) is 0 Å². The molecule has 1 atom stereocenters. The number of rotatable bonds is 6. The van der Waals surface area contributed by atoms with E-state index < -0.39 is 0 Å². The number of likely N-dealkylation sites (tertiary alicyclic amines) is 1. The van der Waals surface area contributed by atoms with Crippen LogP contribution in [0.25, 0.3) is 0 Å². The summed E-state index contributed by atoms with van der Waals surface area (Å²) in [5, 5.41) is 9.18. The molecule has 0 aromatic carbocycles. The van der Waals surface area contributed by atoms with Gasteiger partial charge in [-0.05, 0) is 50.6 Å². The first-order chi connectivity index (χ1) is 11.4. The predicted octanol–water partition coefficient (Wildman–Crippen LogP) is 3.93. The molecule has 4 nitrogen and oxygen atoms in total. The van der Waals surface area contributed by atoms with E-state index in [0.29, 0.717) is 12.0 Å². The molecule has 1 aromatic heterocycles. The van der Waals surface area contributed by atoms with Crippen molar-refractivity contribution in [1.29, 1.82) is 0 Å². The molecule has 1 aliphatic rings. The van der Waals surface area contributed by atoms with Crippen LogP contribution in [0.15, 0.2) is 22.5 Å². The maximum atomic E-state index is 4.40. The smallest absolute Gasteiger partial charge is 0.191 e. The van der Waals surface area contributed by atoms with Crippen LogP contribution in [0.5, 0.6) is 0 Å². The van der Waals surface area contributed by atoms with Crippen LogP contribution < -0.4 is 10.6 Å². The van der Waals surface area contributed by atoms with Crippen molar-refractivity contribution in [2.45, 2.75) is 52.0 Å². The molecule has 0 amide bonds. The van der Waals surface area contributed by atoms with Crippen molar-refractivity contribution in [3.05, 3.63) is 22.4 Å². The maximum Gasteiger partial charge on any atom is 0.191 e. The molecule has 1 aromatic rings. The van der Waals surface area contributed by atoms with Crippen molar-refractivity contribution in [2.24, 2.45) is 10.9 Å². The molecule has 2 heterocycles. The molecular weight excluding hydrogens is 443 g/mol. The van der Waals surface area contributed by atoms with Gasteiger partial charge in [0.2, 0.25) is 0 Å². The van der Waals surface area contributed by atoms with E-state index in [1.165, 1.54) is 30.8 Å². The van der Waals surface area contributed by atoms with Gasteiger partial charge in [0.1, 0.15) is 0 Å². The fourth-order valence-corrected chi connectivity index (χ4v) is 4.10. The number of guanidine groups is 1. The van der Waals surface area contributed by atoms with Gasteiger partial charge < -0.3 is 15.5 Å². The zero-order valence-corrected chi connectivity index (χ0v) is 19.5. The first-order valence-electron chi connectivity index (χ1n) is 9.15. The van der Waals surface area contributed by atoms with E-state index in [2.05, 4.69) is 65.7 Å². The minimum Gasteiger partial charge on any atom is -0.356 e. The Morgan fingerprint density at radius 1 is 1.40 bits per heavy atom. The summed E-state index contributed by atoms with van der Waals surface area (Å²) in [6, 6.07) is 4.99. The van der Waals surface area contributed by atoms with Gasteiger partial charge in [0, 0.05) is 43.0 Å². The van der Waals surface area contributed by atoms with E-state index >= 15 is 0 Å². The van der Waals surface area contributed by atoms with E-state index in [4.69, 9.17) is 0 Å². The second-order valence-electron chi connectivity index (χ2n) is 7.76. The summed E-state index contributed by atoms with van der Waals surface area (Å²) in [7, 11) is 1.86. The predicted molar refractivity (Wildman–Crippen MR) is 122 cm³/mol. The van der Waals surface area contributed by atoms with Crippen LogP contribution in [0, 0.1) is 5.92 Å². The lowest BCUT2D eigenvalue weighted by Crippen LogP contribution is -2.47. The average Bonchev–Trinajstić information content (AvgIpc) is 3.10. The van der Waals surface area contributed by atoms with Gasteiger partial charge >= 0.3 is 0 Å². The molecule has 0 bridgehead atoms. The van der Waals surface area contributed by atoms with E-state index in [1.807, 2.05) is 18.4 Å². The molecular formula is C19H35IN4S. The Morgan fingerprint density at radius 2 is 2.16 bits per heavy atom. The van der Waals surface area contributed by atoms with Crippen LogP contribution in [-0.2, 0) is 5.41 Å². The third kappa shape index (κ3) is 7.06. The topological polar surface area (TPSA) is 39.7 Å². The van der Waals surface area contributed by atoms with Gasteiger partial charge in [-0.1, -0.05) is 19.9 Å². The second-order valence-corrected chi connectivity index (χ2v) is 8.71. The number of halogens is 1. The lowest BCUT2D eigenvalue weighted by atomic mass is 9.91. The SMILES string of the molecule is CN=C(NCC1CCCN(C(C)C)C1)NCC(C)(C)c1cccs1.I. The fourth-order valence-electron chi connectivity index (χ4n) is 3.25. The monoisotopic (exact) mass is 478 g/mol. The highest BCUT2D eigenvalue weighted by Gasteiger charge is 2.23. The third-order valence-corrected chi connectivity index (χ3v) is 6.18. The molecule has 2 rings (SSSR count). The molecule has 2 N–H and O–H groups in total. The molecule has 1 unspecified atom stereocenters. The Hall–Kier alpha value is -0.340. The number of hydrogen-bond donors (Lipinski definition) is 2. The third-order valence-electron chi connectivity index (χ3n) is 4.95. The number of nitrogens with one attached hydrogen (secondary N) is 2. The molecule has 1 aliphatic heterocycles. The van der Waals surface area contributed by atoms with Crippen molar-refractivity contribution in [3.8, 4) is 0 Å². The van der Waals surface area contributed by atoms with Crippen molar-refractivity contribution >= 4 is 41.3 Å². The second kappa shape index (κ2) is 10.7. The van der Waals surface area contributed by atoms with Crippen LogP contribution in [0.1, 0.15) is 45.4 Å². The van der Waals surface area contributed by atoms with Crippen LogP contribution in [-0.4, -0.2) is 50.1 Å². The van der Waals surface area contributed by atoms with Gasteiger partial charge in [0.25, 0.3) is 0 Å². The molecule has 0 aliphatic carbocycles. The summed E-state index contributed by atoms with van der Waals surface area (Å²) >= 11 is 1.82. The molecule has 6 heteroatoms. The zero-order chi connectivity index (χ0) is 17.6. The summed E-state index contributed by atoms with van der Waals surface area (Å²) in [6.07, 6.45) is 2.62. The summed E-state index contributed by atoms with van der Waals surface area (Å²) in [5.74, 6) is 1.63. The van der Waals surface area contributed by atoms with E-state index in [0.717, 1.165) is 19.0 Å². The lowest BCUT2D eigenvalue weighted by Gasteiger charge is -2.35. The number of thiophene rings is 1. The normalized spacial score (nSPS) is 19.6. The van der Waals surface area contributed by atoms with Crippen LogP contribution >= 0.6 is 35.3 Å². The van der Waals surface area contributed by atoms with Crippen LogP contribution in [0.4, 0.5) is 0 Å². The van der Waals surface area contributed by atoms with E-state index in [-0.39, 0.29) is 29.4 Å². The lowest BCUT2D eigenvalue weighted by molar-refractivity contribution is 0.141. The Bertz CT molecular complexity index is 514. The van der Waals surface area contributed by atoms with Crippen molar-refractivity contribution < 1.29 is 0 Å². The molecule has 144 valence electrons. The fraction of sp³-hybridized carbons (Fsp3) is 0.737. The minimum atomic E-state index is 0. The number of aliphatic imine (C=N–C) groups is 1. The molecule has 0 radical (unpaired) electrons. The Kier molecular flexibility index (Phi) is 9.74. The first-order valence-corrected chi connectivity index (χ1v) is 10.0. The average molecular weight is 478 g/mol. The molecule has 0 saturated carbocycles. The van der Waals surface area contributed by atoms with E-state index in [1.54, 1.807) is 0 Å². The largest absolute Gasteiger partial charge is 0.356 e. The Balaban J connectivity index is 0.00000312. The first kappa shape index (κ1) is 22.7. The summed E-state index contributed by atoms with van der Waals surface area (Å²) in [6.45, 7) is 13.5.